The summed E-state index contributed by atoms with van der Waals surface area (Å²) in [5.41, 5.74) is 6.86. The zero-order valence-corrected chi connectivity index (χ0v) is 9.37. The largest absolute Gasteiger partial charge is 0.323 e. The zero-order chi connectivity index (χ0) is 9.92. The van der Waals surface area contributed by atoms with Gasteiger partial charge in [0.1, 0.15) is 0 Å². The Hall–Kier alpha value is -0.0800. The summed E-state index contributed by atoms with van der Waals surface area (Å²) in [7, 11) is 2.24. The number of nitrogens with zero attached hydrogens (tertiary/aromatic N) is 1. The van der Waals surface area contributed by atoms with E-state index in [0.29, 0.717) is 6.04 Å². The van der Waals surface area contributed by atoms with Gasteiger partial charge in [0.25, 0.3) is 0 Å². The highest BCUT2D eigenvalue weighted by Crippen LogP contribution is 2.55. The van der Waals surface area contributed by atoms with Gasteiger partial charge in [-0.25, -0.2) is 0 Å². The highest BCUT2D eigenvalue weighted by Gasteiger charge is 2.59. The van der Waals surface area contributed by atoms with E-state index >= 15 is 0 Å². The molecule has 0 bridgehead atoms. The lowest BCUT2D eigenvalue weighted by molar-refractivity contribution is 0.252. The van der Waals surface area contributed by atoms with Gasteiger partial charge in [-0.1, -0.05) is 12.8 Å². The minimum absolute atomic E-state index is 0.176. The number of likely N-dealkylation sites (N-methyl/N-ethyl adjacent to an activating group) is 1. The first-order valence-electron chi connectivity index (χ1n) is 6.12. The molecule has 1 heterocycles. The van der Waals surface area contributed by atoms with Crippen molar-refractivity contribution in [3.05, 3.63) is 0 Å². The average Bonchev–Trinajstić information content (AvgIpc) is 2.72. The third kappa shape index (κ3) is 0.938. The molecule has 2 saturated carbocycles. The molecule has 2 aliphatic carbocycles. The fourth-order valence-electron chi connectivity index (χ4n) is 4.61. The van der Waals surface area contributed by atoms with Crippen molar-refractivity contribution in [1.29, 1.82) is 0 Å². The van der Waals surface area contributed by atoms with Crippen molar-refractivity contribution >= 4 is 0 Å². The van der Waals surface area contributed by atoms with Crippen molar-refractivity contribution < 1.29 is 0 Å². The first-order valence-corrected chi connectivity index (χ1v) is 6.12. The molecule has 1 saturated heterocycles. The van der Waals surface area contributed by atoms with Gasteiger partial charge in [0, 0.05) is 18.1 Å². The Bertz CT molecular complexity index is 253. The molecule has 0 spiro atoms. The molecule has 2 unspecified atom stereocenters. The van der Waals surface area contributed by atoms with E-state index in [-0.39, 0.29) is 5.54 Å². The fraction of sp³-hybridized carbons (Fsp3) is 1.00. The molecule has 2 N–H and O–H groups in total. The number of hydrogen-bond acceptors (Lipinski definition) is 2. The van der Waals surface area contributed by atoms with E-state index in [1.54, 1.807) is 0 Å². The lowest BCUT2D eigenvalue weighted by atomic mass is 9.81. The number of likely N-dealkylation sites (tertiary alicyclic amines) is 1. The molecule has 0 amide bonds. The predicted molar refractivity (Wildman–Crippen MR) is 57.9 cm³/mol. The van der Waals surface area contributed by atoms with Crippen LogP contribution in [0.15, 0.2) is 0 Å². The van der Waals surface area contributed by atoms with Gasteiger partial charge in [-0.3, -0.25) is 0 Å². The van der Waals surface area contributed by atoms with Crippen molar-refractivity contribution in [2.75, 3.05) is 13.6 Å². The van der Waals surface area contributed by atoms with Gasteiger partial charge >= 0.3 is 0 Å². The summed E-state index contributed by atoms with van der Waals surface area (Å²) in [5, 5.41) is 0. The van der Waals surface area contributed by atoms with Gasteiger partial charge in [0.15, 0.2) is 0 Å². The normalized spacial score (nSPS) is 57.6. The molecule has 2 heteroatoms. The monoisotopic (exact) mass is 194 g/mol. The maximum Gasteiger partial charge on any atom is 0.0358 e. The maximum absolute atomic E-state index is 6.69. The van der Waals surface area contributed by atoms with Crippen LogP contribution in [0, 0.1) is 17.8 Å². The van der Waals surface area contributed by atoms with Gasteiger partial charge in [-0.15, -0.1) is 0 Å². The molecule has 5 atom stereocenters. The van der Waals surface area contributed by atoms with E-state index in [1.807, 2.05) is 0 Å². The Kier molecular flexibility index (Phi) is 1.79. The summed E-state index contributed by atoms with van der Waals surface area (Å²) in [6, 6.07) is 0.714. The van der Waals surface area contributed by atoms with Crippen LogP contribution in [-0.4, -0.2) is 30.1 Å². The van der Waals surface area contributed by atoms with Crippen molar-refractivity contribution in [2.24, 2.45) is 23.5 Å². The minimum atomic E-state index is 0.176. The molecule has 1 aliphatic heterocycles. The number of nitrogens with two attached hydrogens (primary N) is 1. The smallest absolute Gasteiger partial charge is 0.0358 e. The van der Waals surface area contributed by atoms with Crippen LogP contribution < -0.4 is 5.73 Å². The van der Waals surface area contributed by atoms with E-state index in [2.05, 4.69) is 18.9 Å². The molecule has 3 rings (SSSR count). The Balaban J connectivity index is 1.93. The summed E-state index contributed by atoms with van der Waals surface area (Å²) >= 11 is 0. The van der Waals surface area contributed by atoms with E-state index < -0.39 is 0 Å². The van der Waals surface area contributed by atoms with Crippen molar-refractivity contribution in [3.8, 4) is 0 Å². The van der Waals surface area contributed by atoms with Gasteiger partial charge in [0.2, 0.25) is 0 Å². The molecular formula is C12H22N2. The van der Waals surface area contributed by atoms with Crippen molar-refractivity contribution in [3.63, 3.8) is 0 Å². The van der Waals surface area contributed by atoms with E-state index in [0.717, 1.165) is 24.3 Å². The first-order chi connectivity index (χ1) is 6.63. The second kappa shape index (κ2) is 2.73. The molecule has 3 aliphatic rings. The molecule has 0 radical (unpaired) electrons. The first kappa shape index (κ1) is 9.17. The lowest BCUT2D eigenvalue weighted by Gasteiger charge is -2.30. The topological polar surface area (TPSA) is 29.3 Å². The quantitative estimate of drug-likeness (QED) is 0.632. The molecule has 0 aromatic carbocycles. The highest BCUT2D eigenvalue weighted by molar-refractivity contribution is 5.15. The van der Waals surface area contributed by atoms with E-state index in [1.165, 1.54) is 25.7 Å². The zero-order valence-electron chi connectivity index (χ0n) is 9.37. The Morgan fingerprint density at radius 1 is 1.29 bits per heavy atom. The van der Waals surface area contributed by atoms with Crippen LogP contribution in [0.5, 0.6) is 0 Å². The number of hydrogen-bond donors (Lipinski definition) is 1. The maximum atomic E-state index is 6.69. The summed E-state index contributed by atoms with van der Waals surface area (Å²) in [4.78, 5) is 2.47. The predicted octanol–water partition coefficient (Wildman–Crippen LogP) is 1.45. The standard InChI is InChI=1S/C12H22N2/c1-8-11-6-9-4-3-5-10(9)12(11,13)7-14(8)2/h8-11H,3-7,13H2,1-2H3/t8-,9?,10?,11-,12+/m1/s1. The van der Waals surface area contributed by atoms with Crippen LogP contribution in [0.4, 0.5) is 0 Å². The van der Waals surface area contributed by atoms with Gasteiger partial charge in [-0.2, -0.15) is 0 Å². The van der Waals surface area contributed by atoms with E-state index in [9.17, 15) is 0 Å². The van der Waals surface area contributed by atoms with Crippen molar-refractivity contribution in [2.45, 2.75) is 44.2 Å². The second-order valence-electron chi connectivity index (χ2n) is 5.91. The average molecular weight is 194 g/mol. The fourth-order valence-corrected chi connectivity index (χ4v) is 4.61. The van der Waals surface area contributed by atoms with Crippen LogP contribution in [0.2, 0.25) is 0 Å². The van der Waals surface area contributed by atoms with Crippen molar-refractivity contribution in [1.82, 2.24) is 4.90 Å². The highest BCUT2D eigenvalue weighted by atomic mass is 15.2. The van der Waals surface area contributed by atoms with Gasteiger partial charge in [0.05, 0.1) is 0 Å². The van der Waals surface area contributed by atoms with Crippen LogP contribution in [0.25, 0.3) is 0 Å². The Morgan fingerprint density at radius 3 is 2.86 bits per heavy atom. The molecule has 0 aromatic rings. The molecule has 14 heavy (non-hydrogen) atoms. The molecule has 80 valence electrons. The summed E-state index contributed by atoms with van der Waals surface area (Å²) in [6.07, 6.45) is 5.69. The third-order valence-electron chi connectivity index (χ3n) is 5.40. The molecular weight excluding hydrogens is 172 g/mol. The summed E-state index contributed by atoms with van der Waals surface area (Å²) in [6.45, 7) is 3.50. The van der Waals surface area contributed by atoms with Gasteiger partial charge in [-0.05, 0) is 44.6 Å². The SMILES string of the molecule is C[C@@H]1[C@H]2CC3CCCC3[C@@]2(N)CN1C. The van der Waals surface area contributed by atoms with E-state index in [4.69, 9.17) is 5.73 Å². The molecule has 0 aromatic heterocycles. The summed E-state index contributed by atoms with van der Waals surface area (Å²) < 4.78 is 0. The minimum Gasteiger partial charge on any atom is -0.323 e. The van der Waals surface area contributed by atoms with Crippen LogP contribution >= 0.6 is 0 Å². The van der Waals surface area contributed by atoms with Gasteiger partial charge < -0.3 is 10.6 Å². The lowest BCUT2D eigenvalue weighted by Crippen LogP contribution is -2.50. The second-order valence-corrected chi connectivity index (χ2v) is 5.91. The molecule has 3 fully saturated rings. The van der Waals surface area contributed by atoms with Crippen LogP contribution in [0.3, 0.4) is 0 Å². The number of fused-ring (bicyclic) bond motifs is 3. The van der Waals surface area contributed by atoms with Crippen LogP contribution in [0.1, 0.15) is 32.6 Å². The summed E-state index contributed by atoms with van der Waals surface area (Å²) in [5.74, 6) is 2.60. The number of rotatable bonds is 0. The molecule has 2 nitrogen and oxygen atoms in total. The Labute approximate surface area is 86.8 Å². The third-order valence-corrected chi connectivity index (χ3v) is 5.40. The van der Waals surface area contributed by atoms with Crippen LogP contribution in [-0.2, 0) is 0 Å². The Morgan fingerprint density at radius 2 is 2.07 bits per heavy atom.